The molecule has 1 saturated carbocycles. The minimum absolute atomic E-state index is 0.345. The Morgan fingerprint density at radius 2 is 2.20 bits per heavy atom. The smallest absolute Gasteiger partial charge is 0.160 e. The minimum Gasteiger partial charge on any atom is -0.493 e. The summed E-state index contributed by atoms with van der Waals surface area (Å²) in [5, 5.41) is 4.53. The standard InChI is InChI=1S/C16H29N3O/c1-11(2)19-15(14(20-5)10-18-19)13-8-16(3,4)7-6-12(13)9-17/h10-13H,6-9,17H2,1-5H3. The van der Waals surface area contributed by atoms with Crippen molar-refractivity contribution in [3.05, 3.63) is 11.9 Å². The first-order chi connectivity index (χ1) is 9.39. The number of aromatic nitrogens is 2. The molecule has 0 spiro atoms. The Morgan fingerprint density at radius 3 is 2.75 bits per heavy atom. The molecule has 2 N–H and O–H groups in total. The zero-order valence-corrected chi connectivity index (χ0v) is 13.5. The van der Waals surface area contributed by atoms with Crippen molar-refractivity contribution < 1.29 is 4.74 Å². The van der Waals surface area contributed by atoms with E-state index in [0.717, 1.165) is 18.7 Å². The average molecular weight is 279 g/mol. The average Bonchev–Trinajstić information content (AvgIpc) is 2.81. The number of methoxy groups -OCH3 is 1. The molecule has 4 nitrogen and oxygen atoms in total. The zero-order chi connectivity index (χ0) is 14.9. The molecule has 1 heterocycles. The molecule has 4 heteroatoms. The maximum absolute atomic E-state index is 6.04. The maximum Gasteiger partial charge on any atom is 0.160 e. The molecule has 114 valence electrons. The molecule has 1 aromatic heterocycles. The van der Waals surface area contributed by atoms with Gasteiger partial charge in [0.05, 0.1) is 19.0 Å². The second-order valence-corrected chi connectivity index (χ2v) is 7.15. The summed E-state index contributed by atoms with van der Waals surface area (Å²) >= 11 is 0. The first-order valence-corrected chi connectivity index (χ1v) is 7.71. The molecule has 1 aliphatic rings. The maximum atomic E-state index is 6.04. The van der Waals surface area contributed by atoms with Crippen molar-refractivity contribution in [2.45, 2.75) is 58.9 Å². The van der Waals surface area contributed by atoms with Crippen LogP contribution in [0.15, 0.2) is 6.20 Å². The third-order valence-electron chi connectivity index (χ3n) is 4.70. The normalized spacial score (nSPS) is 25.9. The highest BCUT2D eigenvalue weighted by Crippen LogP contribution is 2.48. The molecular weight excluding hydrogens is 250 g/mol. The van der Waals surface area contributed by atoms with Crippen LogP contribution in [0.2, 0.25) is 0 Å². The Bertz CT molecular complexity index is 451. The van der Waals surface area contributed by atoms with E-state index >= 15 is 0 Å². The van der Waals surface area contributed by atoms with Crippen LogP contribution in [0.3, 0.4) is 0 Å². The molecule has 0 bridgehead atoms. The van der Waals surface area contributed by atoms with Gasteiger partial charge in [-0.2, -0.15) is 5.10 Å². The van der Waals surface area contributed by atoms with Gasteiger partial charge in [0.2, 0.25) is 0 Å². The Kier molecular flexibility index (Phi) is 4.43. The summed E-state index contributed by atoms with van der Waals surface area (Å²) in [6.07, 6.45) is 5.46. The van der Waals surface area contributed by atoms with Crippen molar-refractivity contribution >= 4 is 0 Å². The third-order valence-corrected chi connectivity index (χ3v) is 4.70. The van der Waals surface area contributed by atoms with Gasteiger partial charge < -0.3 is 10.5 Å². The topological polar surface area (TPSA) is 53.1 Å². The number of ether oxygens (including phenoxy) is 1. The van der Waals surface area contributed by atoms with E-state index in [2.05, 4.69) is 37.5 Å². The van der Waals surface area contributed by atoms with Crippen LogP contribution in [0.1, 0.15) is 64.6 Å². The fraction of sp³-hybridized carbons (Fsp3) is 0.812. The Morgan fingerprint density at radius 1 is 1.50 bits per heavy atom. The van der Waals surface area contributed by atoms with Crippen LogP contribution in [-0.4, -0.2) is 23.4 Å². The highest BCUT2D eigenvalue weighted by atomic mass is 16.5. The van der Waals surface area contributed by atoms with E-state index in [-0.39, 0.29) is 0 Å². The van der Waals surface area contributed by atoms with E-state index in [1.165, 1.54) is 18.5 Å². The third kappa shape index (κ3) is 2.85. The molecular formula is C16H29N3O. The number of nitrogens with zero attached hydrogens (tertiary/aromatic N) is 2. The summed E-state index contributed by atoms with van der Waals surface area (Å²) in [5.74, 6) is 1.90. The van der Waals surface area contributed by atoms with Gasteiger partial charge in [-0.3, -0.25) is 4.68 Å². The van der Waals surface area contributed by atoms with E-state index in [0.29, 0.717) is 23.3 Å². The second-order valence-electron chi connectivity index (χ2n) is 7.15. The van der Waals surface area contributed by atoms with Crippen LogP contribution < -0.4 is 10.5 Å². The fourth-order valence-corrected chi connectivity index (χ4v) is 3.52. The van der Waals surface area contributed by atoms with Gasteiger partial charge in [-0.05, 0) is 51.0 Å². The van der Waals surface area contributed by atoms with Gasteiger partial charge in [-0.15, -0.1) is 0 Å². The summed E-state index contributed by atoms with van der Waals surface area (Å²) in [6.45, 7) is 9.79. The zero-order valence-electron chi connectivity index (χ0n) is 13.5. The van der Waals surface area contributed by atoms with Crippen molar-refractivity contribution in [1.82, 2.24) is 9.78 Å². The molecule has 1 fully saturated rings. The molecule has 0 saturated heterocycles. The summed E-state index contributed by atoms with van der Waals surface area (Å²) in [5.41, 5.74) is 7.65. The van der Waals surface area contributed by atoms with Gasteiger partial charge in [0, 0.05) is 12.0 Å². The van der Waals surface area contributed by atoms with Gasteiger partial charge in [0.15, 0.2) is 5.75 Å². The molecule has 20 heavy (non-hydrogen) atoms. The van der Waals surface area contributed by atoms with E-state index in [4.69, 9.17) is 10.5 Å². The fourth-order valence-electron chi connectivity index (χ4n) is 3.52. The van der Waals surface area contributed by atoms with E-state index in [9.17, 15) is 0 Å². The van der Waals surface area contributed by atoms with Crippen molar-refractivity contribution in [3.63, 3.8) is 0 Å². The predicted molar refractivity (Wildman–Crippen MR) is 82.1 cm³/mol. The Hall–Kier alpha value is -1.03. The monoisotopic (exact) mass is 279 g/mol. The lowest BCUT2D eigenvalue weighted by atomic mass is 9.66. The van der Waals surface area contributed by atoms with Crippen LogP contribution in [0.4, 0.5) is 0 Å². The quantitative estimate of drug-likeness (QED) is 0.919. The van der Waals surface area contributed by atoms with E-state index < -0.39 is 0 Å². The largest absolute Gasteiger partial charge is 0.493 e. The summed E-state index contributed by atoms with van der Waals surface area (Å²) in [6, 6.07) is 0.345. The van der Waals surface area contributed by atoms with Crippen LogP contribution in [-0.2, 0) is 0 Å². The summed E-state index contributed by atoms with van der Waals surface area (Å²) in [4.78, 5) is 0. The van der Waals surface area contributed by atoms with Crippen LogP contribution in [0.5, 0.6) is 5.75 Å². The molecule has 1 aromatic rings. The van der Waals surface area contributed by atoms with Gasteiger partial charge >= 0.3 is 0 Å². The first kappa shape index (κ1) is 15.4. The summed E-state index contributed by atoms with van der Waals surface area (Å²) < 4.78 is 7.68. The van der Waals surface area contributed by atoms with Crippen molar-refractivity contribution in [3.8, 4) is 5.75 Å². The van der Waals surface area contributed by atoms with Crippen molar-refractivity contribution in [1.29, 1.82) is 0 Å². The summed E-state index contributed by atoms with van der Waals surface area (Å²) in [7, 11) is 1.73. The second kappa shape index (κ2) is 5.76. The first-order valence-electron chi connectivity index (χ1n) is 7.71. The van der Waals surface area contributed by atoms with E-state index in [1.54, 1.807) is 7.11 Å². The van der Waals surface area contributed by atoms with Crippen molar-refractivity contribution in [2.24, 2.45) is 17.1 Å². The lowest BCUT2D eigenvalue weighted by Crippen LogP contribution is -2.34. The molecule has 0 amide bonds. The molecule has 2 unspecified atom stereocenters. The lowest BCUT2D eigenvalue weighted by Gasteiger charge is -2.41. The van der Waals surface area contributed by atoms with Gasteiger partial charge in [-0.1, -0.05) is 13.8 Å². The molecule has 1 aliphatic carbocycles. The van der Waals surface area contributed by atoms with Crippen LogP contribution in [0.25, 0.3) is 0 Å². The van der Waals surface area contributed by atoms with E-state index in [1.807, 2.05) is 6.20 Å². The van der Waals surface area contributed by atoms with Crippen molar-refractivity contribution in [2.75, 3.05) is 13.7 Å². The van der Waals surface area contributed by atoms with Gasteiger partial charge in [0.25, 0.3) is 0 Å². The SMILES string of the molecule is COc1cnn(C(C)C)c1C1CC(C)(C)CCC1CN. The minimum atomic E-state index is 0.345. The number of hydrogen-bond acceptors (Lipinski definition) is 3. The molecule has 2 rings (SSSR count). The molecule has 2 atom stereocenters. The van der Waals surface area contributed by atoms with Crippen LogP contribution >= 0.6 is 0 Å². The molecule has 0 aliphatic heterocycles. The van der Waals surface area contributed by atoms with Crippen LogP contribution in [0, 0.1) is 11.3 Å². The Labute approximate surface area is 122 Å². The lowest BCUT2D eigenvalue weighted by molar-refractivity contribution is 0.157. The number of nitrogens with two attached hydrogens (primary N) is 1. The predicted octanol–water partition coefficient (Wildman–Crippen LogP) is 3.34. The Balaban J connectivity index is 2.43. The molecule has 0 radical (unpaired) electrons. The highest BCUT2D eigenvalue weighted by Gasteiger charge is 2.38. The highest BCUT2D eigenvalue weighted by molar-refractivity contribution is 5.30. The number of hydrogen-bond donors (Lipinski definition) is 1. The van der Waals surface area contributed by atoms with Gasteiger partial charge in [-0.25, -0.2) is 0 Å². The number of rotatable bonds is 4. The van der Waals surface area contributed by atoms with Gasteiger partial charge in [0.1, 0.15) is 0 Å². The molecule has 0 aromatic carbocycles.